The number of rotatable bonds is 10. The van der Waals surface area contributed by atoms with Crippen LogP contribution in [0.1, 0.15) is 20.3 Å². The number of hydrogen-bond donors (Lipinski definition) is 2. The van der Waals surface area contributed by atoms with E-state index in [9.17, 15) is 18.0 Å². The minimum absolute atomic E-state index is 0.0400. The van der Waals surface area contributed by atoms with Crippen LogP contribution in [0.2, 0.25) is 0 Å². The number of amides is 1. The molecule has 0 aromatic heterocycles. The van der Waals surface area contributed by atoms with E-state index in [0.717, 1.165) is 0 Å². The Kier molecular flexibility index (Phi) is 8.01. The fourth-order valence-corrected chi connectivity index (χ4v) is 3.69. The number of benzene rings is 1. The maximum absolute atomic E-state index is 12.4. The molecular weight excluding hydrogens is 346 g/mol. The van der Waals surface area contributed by atoms with Gasteiger partial charge in [0.25, 0.3) is 0 Å². The van der Waals surface area contributed by atoms with E-state index in [0.29, 0.717) is 18.8 Å². The van der Waals surface area contributed by atoms with Gasteiger partial charge in [-0.05, 0) is 31.3 Å². The molecule has 0 radical (unpaired) electrons. The van der Waals surface area contributed by atoms with Gasteiger partial charge in [-0.1, -0.05) is 13.8 Å². The zero-order chi connectivity index (χ0) is 19.0. The molecule has 0 bridgehead atoms. The van der Waals surface area contributed by atoms with Crippen LogP contribution in [0.25, 0.3) is 0 Å². The molecule has 0 fully saturated rings. The van der Waals surface area contributed by atoms with Crippen LogP contribution in [0, 0.1) is 0 Å². The highest BCUT2D eigenvalue weighted by Gasteiger charge is 2.21. The summed E-state index contributed by atoms with van der Waals surface area (Å²) >= 11 is 0. The second kappa shape index (κ2) is 9.50. The van der Waals surface area contributed by atoms with Crippen molar-refractivity contribution in [3.8, 4) is 0 Å². The molecule has 0 spiro atoms. The molecule has 0 heterocycles. The second-order valence-electron chi connectivity index (χ2n) is 5.54. The molecule has 8 nitrogen and oxygen atoms in total. The fourth-order valence-electron chi connectivity index (χ4n) is 2.23. The maximum atomic E-state index is 12.4. The molecule has 1 amide bonds. The number of likely N-dealkylation sites (N-methyl/N-ethyl adjacent to an activating group) is 1. The van der Waals surface area contributed by atoms with Gasteiger partial charge >= 0.3 is 5.97 Å². The Balaban J connectivity index is 2.68. The number of carboxylic acid groups (broad SMARTS) is 1. The lowest BCUT2D eigenvalue weighted by Gasteiger charge is -2.18. The number of carboxylic acids is 1. The van der Waals surface area contributed by atoms with E-state index in [4.69, 9.17) is 5.11 Å². The molecule has 1 rings (SSSR count). The Morgan fingerprint density at radius 1 is 1.12 bits per heavy atom. The first-order chi connectivity index (χ1) is 11.7. The summed E-state index contributed by atoms with van der Waals surface area (Å²) in [5.41, 5.74) is 0.482. The summed E-state index contributed by atoms with van der Waals surface area (Å²) in [7, 11) is -1.87. The summed E-state index contributed by atoms with van der Waals surface area (Å²) in [6.07, 6.45) is -0.0400. The van der Waals surface area contributed by atoms with Crippen molar-refractivity contribution in [1.29, 1.82) is 0 Å². The van der Waals surface area contributed by atoms with Gasteiger partial charge in [-0.15, -0.1) is 0 Å². The van der Waals surface area contributed by atoms with Crippen molar-refractivity contribution < 1.29 is 23.1 Å². The highest BCUT2D eigenvalue weighted by molar-refractivity contribution is 7.89. The summed E-state index contributed by atoms with van der Waals surface area (Å²) in [5, 5.41) is 11.3. The lowest BCUT2D eigenvalue weighted by atomic mass is 10.3. The predicted molar refractivity (Wildman–Crippen MR) is 94.9 cm³/mol. The van der Waals surface area contributed by atoms with Gasteiger partial charge in [0.1, 0.15) is 0 Å². The van der Waals surface area contributed by atoms with Crippen LogP contribution < -0.4 is 5.32 Å². The van der Waals surface area contributed by atoms with Crippen molar-refractivity contribution in [2.24, 2.45) is 0 Å². The van der Waals surface area contributed by atoms with E-state index in [-0.39, 0.29) is 30.3 Å². The van der Waals surface area contributed by atoms with Crippen molar-refractivity contribution in [3.63, 3.8) is 0 Å². The second-order valence-corrected chi connectivity index (χ2v) is 7.48. The number of aliphatic carboxylic acids is 1. The largest absolute Gasteiger partial charge is 0.481 e. The smallest absolute Gasteiger partial charge is 0.304 e. The Labute approximate surface area is 148 Å². The highest BCUT2D eigenvalue weighted by Crippen LogP contribution is 2.18. The first kappa shape index (κ1) is 21.1. The van der Waals surface area contributed by atoms with Gasteiger partial charge < -0.3 is 10.4 Å². The number of nitrogens with one attached hydrogen (secondary N) is 1. The Hall–Kier alpha value is -1.97. The first-order valence-electron chi connectivity index (χ1n) is 8.01. The van der Waals surface area contributed by atoms with Crippen LogP contribution >= 0.6 is 0 Å². The molecule has 0 aliphatic heterocycles. The molecule has 0 aliphatic rings. The fraction of sp³-hybridized carbons (Fsp3) is 0.500. The highest BCUT2D eigenvalue weighted by atomic mass is 32.2. The van der Waals surface area contributed by atoms with E-state index in [1.54, 1.807) is 25.8 Å². The maximum Gasteiger partial charge on any atom is 0.304 e. The van der Waals surface area contributed by atoms with E-state index in [2.05, 4.69) is 5.32 Å². The minimum Gasteiger partial charge on any atom is -0.481 e. The van der Waals surface area contributed by atoms with Gasteiger partial charge in [-0.25, -0.2) is 8.42 Å². The van der Waals surface area contributed by atoms with Crippen LogP contribution in [0.3, 0.4) is 0 Å². The van der Waals surface area contributed by atoms with Gasteiger partial charge in [-0.2, -0.15) is 4.31 Å². The summed E-state index contributed by atoms with van der Waals surface area (Å²) in [6.45, 7) is 4.64. The van der Waals surface area contributed by atoms with Crippen molar-refractivity contribution in [2.75, 3.05) is 38.5 Å². The first-order valence-corrected chi connectivity index (χ1v) is 9.45. The van der Waals surface area contributed by atoms with E-state index in [1.165, 1.54) is 28.6 Å². The van der Waals surface area contributed by atoms with E-state index >= 15 is 0 Å². The van der Waals surface area contributed by atoms with Crippen molar-refractivity contribution in [1.82, 2.24) is 9.21 Å². The SMILES string of the molecule is CCN(CC)S(=O)(=O)c1ccc(NC(=O)CN(C)CCC(=O)O)cc1. The van der Waals surface area contributed by atoms with Gasteiger partial charge in [0.2, 0.25) is 15.9 Å². The van der Waals surface area contributed by atoms with E-state index < -0.39 is 16.0 Å². The van der Waals surface area contributed by atoms with Gasteiger partial charge in [0.05, 0.1) is 17.9 Å². The Bertz CT molecular complexity index is 684. The quantitative estimate of drug-likeness (QED) is 0.637. The molecule has 0 saturated heterocycles. The number of anilines is 1. The average Bonchev–Trinajstić information content (AvgIpc) is 2.54. The third-order valence-corrected chi connectivity index (χ3v) is 5.67. The third kappa shape index (κ3) is 6.45. The summed E-state index contributed by atoms with van der Waals surface area (Å²) < 4.78 is 26.1. The molecule has 0 atom stereocenters. The summed E-state index contributed by atoms with van der Waals surface area (Å²) in [4.78, 5) is 24.2. The summed E-state index contributed by atoms with van der Waals surface area (Å²) in [5.74, 6) is -1.22. The van der Waals surface area contributed by atoms with Crippen molar-refractivity contribution in [3.05, 3.63) is 24.3 Å². The van der Waals surface area contributed by atoms with Gasteiger partial charge in [0.15, 0.2) is 0 Å². The number of carbonyl (C=O) groups is 2. The molecule has 140 valence electrons. The number of nitrogens with zero attached hydrogens (tertiary/aromatic N) is 2. The molecule has 1 aromatic carbocycles. The van der Waals surface area contributed by atoms with Crippen LogP contribution in [0.15, 0.2) is 29.2 Å². The lowest BCUT2D eigenvalue weighted by molar-refractivity contribution is -0.137. The zero-order valence-corrected chi connectivity index (χ0v) is 15.5. The minimum atomic E-state index is -3.52. The van der Waals surface area contributed by atoms with Crippen LogP contribution in [0.4, 0.5) is 5.69 Å². The third-order valence-electron chi connectivity index (χ3n) is 3.60. The Morgan fingerprint density at radius 3 is 2.16 bits per heavy atom. The Morgan fingerprint density at radius 2 is 1.68 bits per heavy atom. The molecule has 0 unspecified atom stereocenters. The monoisotopic (exact) mass is 371 g/mol. The van der Waals surface area contributed by atoms with Crippen LogP contribution in [-0.2, 0) is 19.6 Å². The standard InChI is InChI=1S/C16H25N3O5S/c1-4-19(5-2)25(23,24)14-8-6-13(7-9-14)17-15(20)12-18(3)11-10-16(21)22/h6-9H,4-5,10-12H2,1-3H3,(H,17,20)(H,21,22). The topological polar surface area (TPSA) is 107 Å². The number of hydrogen-bond acceptors (Lipinski definition) is 5. The molecule has 0 aliphatic carbocycles. The molecular formula is C16H25N3O5S. The lowest BCUT2D eigenvalue weighted by Crippen LogP contribution is -2.32. The molecule has 1 aromatic rings. The van der Waals surface area contributed by atoms with Crippen LogP contribution in [-0.4, -0.2) is 67.8 Å². The van der Waals surface area contributed by atoms with Crippen LogP contribution in [0.5, 0.6) is 0 Å². The molecule has 9 heteroatoms. The number of sulfonamides is 1. The van der Waals surface area contributed by atoms with E-state index in [1.807, 2.05) is 0 Å². The van der Waals surface area contributed by atoms with Crippen molar-refractivity contribution in [2.45, 2.75) is 25.2 Å². The van der Waals surface area contributed by atoms with Gasteiger partial charge in [-0.3, -0.25) is 14.5 Å². The summed E-state index contributed by atoms with van der Waals surface area (Å²) in [6, 6.07) is 5.98. The molecule has 25 heavy (non-hydrogen) atoms. The zero-order valence-electron chi connectivity index (χ0n) is 14.7. The molecule has 0 saturated carbocycles. The van der Waals surface area contributed by atoms with Gasteiger partial charge in [0, 0.05) is 25.3 Å². The number of carbonyl (C=O) groups excluding carboxylic acids is 1. The normalized spacial score (nSPS) is 11.7. The predicted octanol–water partition coefficient (Wildman–Crippen LogP) is 1.06. The average molecular weight is 371 g/mol. The molecule has 2 N–H and O–H groups in total. The van der Waals surface area contributed by atoms with Crippen molar-refractivity contribution >= 4 is 27.6 Å².